The molecule has 2 aliphatic heterocycles. The van der Waals surface area contributed by atoms with E-state index in [-0.39, 0.29) is 11.8 Å². The molecule has 1 saturated carbocycles. The van der Waals surface area contributed by atoms with Crippen molar-refractivity contribution in [3.05, 3.63) is 29.8 Å². The third-order valence-corrected chi connectivity index (χ3v) is 6.65. The van der Waals surface area contributed by atoms with Gasteiger partial charge >= 0.3 is 0 Å². The van der Waals surface area contributed by atoms with E-state index in [1.54, 1.807) is 0 Å². The Morgan fingerprint density at radius 3 is 2.42 bits per heavy atom. The summed E-state index contributed by atoms with van der Waals surface area (Å²) in [5.74, 6) is 0.439. The van der Waals surface area contributed by atoms with E-state index in [0.29, 0.717) is 5.41 Å². The van der Waals surface area contributed by atoms with Crippen LogP contribution in [0.3, 0.4) is 0 Å². The SMILES string of the molecule is CCN1CCN(Cc2ccc(NC(=O)C3CC34CCNCC4)cc2)CC1. The summed E-state index contributed by atoms with van der Waals surface area (Å²) in [4.78, 5) is 17.6. The van der Waals surface area contributed by atoms with Gasteiger partial charge in [-0.1, -0.05) is 19.1 Å². The molecule has 26 heavy (non-hydrogen) atoms. The average molecular weight is 357 g/mol. The molecular weight excluding hydrogens is 324 g/mol. The number of rotatable bonds is 5. The third kappa shape index (κ3) is 3.95. The second-order valence-electron chi connectivity index (χ2n) is 8.27. The van der Waals surface area contributed by atoms with Crippen LogP contribution in [0.15, 0.2) is 24.3 Å². The summed E-state index contributed by atoms with van der Waals surface area (Å²) < 4.78 is 0. The summed E-state index contributed by atoms with van der Waals surface area (Å²) >= 11 is 0. The van der Waals surface area contributed by atoms with Gasteiger partial charge in [0.15, 0.2) is 0 Å². The smallest absolute Gasteiger partial charge is 0.228 e. The summed E-state index contributed by atoms with van der Waals surface area (Å²) in [5.41, 5.74) is 2.57. The maximum Gasteiger partial charge on any atom is 0.228 e. The molecule has 0 aromatic heterocycles. The molecular formula is C21H32N4O. The van der Waals surface area contributed by atoms with Crippen molar-refractivity contribution in [3.8, 4) is 0 Å². The van der Waals surface area contributed by atoms with Crippen molar-refractivity contribution < 1.29 is 4.79 Å². The maximum atomic E-state index is 12.6. The largest absolute Gasteiger partial charge is 0.326 e. The van der Waals surface area contributed by atoms with Crippen LogP contribution in [0.4, 0.5) is 5.69 Å². The van der Waals surface area contributed by atoms with Crippen molar-refractivity contribution in [2.75, 3.05) is 51.1 Å². The summed E-state index contributed by atoms with van der Waals surface area (Å²) in [6.45, 7) is 11.1. The summed E-state index contributed by atoms with van der Waals surface area (Å²) in [6.07, 6.45) is 3.37. The third-order valence-electron chi connectivity index (χ3n) is 6.65. The lowest BCUT2D eigenvalue weighted by Crippen LogP contribution is -2.45. The van der Waals surface area contributed by atoms with Gasteiger partial charge in [-0.25, -0.2) is 0 Å². The topological polar surface area (TPSA) is 47.6 Å². The minimum absolute atomic E-state index is 0.218. The van der Waals surface area contributed by atoms with Crippen molar-refractivity contribution in [2.45, 2.75) is 32.7 Å². The standard InChI is InChI=1S/C21H32N4O/c1-2-24-11-13-25(14-12-24)16-17-3-5-18(6-4-17)23-20(26)19-15-21(19)7-9-22-10-8-21/h3-6,19,22H,2,7-16H2,1H3,(H,23,26). The van der Waals surface area contributed by atoms with Crippen LogP contribution < -0.4 is 10.6 Å². The Morgan fingerprint density at radius 2 is 1.77 bits per heavy atom. The van der Waals surface area contributed by atoms with Crippen molar-refractivity contribution in [1.82, 2.24) is 15.1 Å². The van der Waals surface area contributed by atoms with Gasteiger partial charge in [0, 0.05) is 44.3 Å². The number of amides is 1. The van der Waals surface area contributed by atoms with E-state index in [4.69, 9.17) is 0 Å². The Bertz CT molecular complexity index is 615. The van der Waals surface area contributed by atoms with Crippen molar-refractivity contribution in [3.63, 3.8) is 0 Å². The van der Waals surface area contributed by atoms with Gasteiger partial charge in [0.1, 0.15) is 0 Å². The molecule has 1 spiro atoms. The highest BCUT2D eigenvalue weighted by Gasteiger charge is 2.57. The van der Waals surface area contributed by atoms with Crippen LogP contribution in [0.5, 0.6) is 0 Å². The van der Waals surface area contributed by atoms with E-state index < -0.39 is 0 Å². The lowest BCUT2D eigenvalue weighted by atomic mass is 9.92. The molecule has 1 atom stereocenters. The van der Waals surface area contributed by atoms with E-state index in [2.05, 4.69) is 51.6 Å². The van der Waals surface area contributed by atoms with Crippen LogP contribution >= 0.6 is 0 Å². The predicted octanol–water partition coefficient (Wildman–Crippen LogP) is 2.15. The van der Waals surface area contributed by atoms with Gasteiger partial charge < -0.3 is 15.5 Å². The fraction of sp³-hybridized carbons (Fsp3) is 0.667. The molecule has 2 heterocycles. The highest BCUT2D eigenvalue weighted by Crippen LogP contribution is 2.58. The van der Waals surface area contributed by atoms with Gasteiger partial charge in [0.25, 0.3) is 0 Å². The molecule has 5 nitrogen and oxygen atoms in total. The zero-order valence-corrected chi connectivity index (χ0v) is 16.0. The average Bonchev–Trinajstić information content (AvgIpc) is 3.37. The Labute approximate surface area is 157 Å². The normalized spacial score (nSPS) is 26.0. The van der Waals surface area contributed by atoms with Gasteiger partial charge in [-0.3, -0.25) is 9.69 Å². The predicted molar refractivity (Wildman–Crippen MR) is 105 cm³/mol. The number of hydrogen-bond acceptors (Lipinski definition) is 4. The maximum absolute atomic E-state index is 12.6. The van der Waals surface area contributed by atoms with Crippen molar-refractivity contribution in [2.24, 2.45) is 11.3 Å². The molecule has 1 aromatic carbocycles. The fourth-order valence-electron chi connectivity index (χ4n) is 4.64. The number of anilines is 1. The zero-order valence-electron chi connectivity index (χ0n) is 16.0. The Kier molecular flexibility index (Phi) is 5.30. The molecule has 1 aromatic rings. The van der Waals surface area contributed by atoms with Crippen LogP contribution in [-0.4, -0.2) is 61.5 Å². The molecule has 142 valence electrons. The lowest BCUT2D eigenvalue weighted by Gasteiger charge is -2.34. The van der Waals surface area contributed by atoms with Gasteiger partial charge in [-0.2, -0.15) is 0 Å². The number of piperidine rings is 1. The second kappa shape index (κ2) is 7.67. The number of benzene rings is 1. The molecule has 3 aliphatic rings. The number of nitrogens with zero attached hydrogens (tertiary/aromatic N) is 2. The van der Waals surface area contributed by atoms with Gasteiger partial charge in [0.2, 0.25) is 5.91 Å². The van der Waals surface area contributed by atoms with E-state index in [1.165, 1.54) is 18.7 Å². The first-order valence-electron chi connectivity index (χ1n) is 10.2. The van der Waals surface area contributed by atoms with Gasteiger partial charge in [-0.15, -0.1) is 0 Å². The molecule has 2 saturated heterocycles. The van der Waals surface area contributed by atoms with E-state index >= 15 is 0 Å². The first kappa shape index (κ1) is 18.0. The molecule has 4 rings (SSSR count). The Hall–Kier alpha value is -1.43. The highest BCUT2D eigenvalue weighted by molar-refractivity contribution is 5.95. The van der Waals surface area contributed by atoms with Crippen molar-refractivity contribution in [1.29, 1.82) is 0 Å². The fourth-order valence-corrected chi connectivity index (χ4v) is 4.64. The first-order chi connectivity index (χ1) is 12.7. The van der Waals surface area contributed by atoms with Crippen LogP contribution in [-0.2, 0) is 11.3 Å². The molecule has 1 aliphatic carbocycles. The van der Waals surface area contributed by atoms with E-state index in [0.717, 1.165) is 64.2 Å². The minimum Gasteiger partial charge on any atom is -0.326 e. The number of piperazine rings is 1. The minimum atomic E-state index is 0.218. The highest BCUT2D eigenvalue weighted by atomic mass is 16.2. The number of hydrogen-bond donors (Lipinski definition) is 2. The first-order valence-corrected chi connectivity index (χ1v) is 10.2. The van der Waals surface area contributed by atoms with Crippen LogP contribution in [0.1, 0.15) is 31.7 Å². The lowest BCUT2D eigenvalue weighted by molar-refractivity contribution is -0.118. The van der Waals surface area contributed by atoms with Crippen LogP contribution in [0.25, 0.3) is 0 Å². The van der Waals surface area contributed by atoms with Crippen LogP contribution in [0, 0.1) is 11.3 Å². The van der Waals surface area contributed by atoms with Crippen LogP contribution in [0.2, 0.25) is 0 Å². The number of likely N-dealkylation sites (N-methyl/N-ethyl adjacent to an activating group) is 1. The second-order valence-corrected chi connectivity index (χ2v) is 8.27. The summed E-state index contributed by atoms with van der Waals surface area (Å²) in [7, 11) is 0. The summed E-state index contributed by atoms with van der Waals surface area (Å²) in [5, 5.41) is 6.54. The number of nitrogens with one attached hydrogen (secondary N) is 2. The Balaban J connectivity index is 1.26. The van der Waals surface area contributed by atoms with Gasteiger partial charge in [0.05, 0.1) is 0 Å². The van der Waals surface area contributed by atoms with E-state index in [9.17, 15) is 4.79 Å². The quantitative estimate of drug-likeness (QED) is 0.849. The number of carbonyl (C=O) groups is 1. The summed E-state index contributed by atoms with van der Waals surface area (Å²) in [6, 6.07) is 8.45. The molecule has 1 unspecified atom stereocenters. The van der Waals surface area contributed by atoms with E-state index in [1.807, 2.05) is 0 Å². The molecule has 0 radical (unpaired) electrons. The molecule has 0 bridgehead atoms. The monoisotopic (exact) mass is 356 g/mol. The molecule has 5 heteroatoms. The molecule has 3 fully saturated rings. The van der Waals surface area contributed by atoms with Gasteiger partial charge in [-0.05, 0) is 62.0 Å². The Morgan fingerprint density at radius 1 is 1.12 bits per heavy atom. The molecule has 1 amide bonds. The van der Waals surface area contributed by atoms with Crippen molar-refractivity contribution >= 4 is 11.6 Å². The zero-order chi connectivity index (χ0) is 18.0. The number of carbonyl (C=O) groups excluding carboxylic acids is 1. The molecule has 2 N–H and O–H groups in total.